The molecule has 7 heteroatoms. The predicted molar refractivity (Wildman–Crippen MR) is 63.3 cm³/mol. The lowest BCUT2D eigenvalue weighted by molar-refractivity contribution is -0.135. The van der Waals surface area contributed by atoms with E-state index in [2.05, 4.69) is 10.6 Å². The van der Waals surface area contributed by atoms with E-state index in [0.717, 1.165) is 19.4 Å². The van der Waals surface area contributed by atoms with Crippen molar-refractivity contribution in [2.45, 2.75) is 31.3 Å². The molecule has 0 radical (unpaired) electrons. The van der Waals surface area contributed by atoms with E-state index in [0.29, 0.717) is 13.0 Å². The monoisotopic (exact) mass is 254 g/mol. The highest BCUT2D eigenvalue weighted by Crippen LogP contribution is 2.12. The zero-order valence-electron chi connectivity index (χ0n) is 10.1. The van der Waals surface area contributed by atoms with Gasteiger partial charge in [0.05, 0.1) is 12.6 Å². The van der Waals surface area contributed by atoms with Crippen LogP contribution in [0.15, 0.2) is 0 Å². The Morgan fingerprint density at radius 3 is 2.83 bits per heavy atom. The summed E-state index contributed by atoms with van der Waals surface area (Å²) in [4.78, 5) is 35.9. The molecule has 2 aliphatic rings. The molecule has 0 spiro atoms. The van der Waals surface area contributed by atoms with Crippen molar-refractivity contribution in [2.75, 3.05) is 19.6 Å². The Labute approximate surface area is 105 Å². The van der Waals surface area contributed by atoms with Gasteiger partial charge < -0.3 is 21.3 Å². The molecule has 7 nitrogen and oxygen atoms in total. The van der Waals surface area contributed by atoms with Crippen molar-refractivity contribution in [3.8, 4) is 0 Å². The van der Waals surface area contributed by atoms with E-state index >= 15 is 0 Å². The first-order chi connectivity index (χ1) is 8.58. The minimum Gasteiger partial charge on any atom is -0.368 e. The third-order valence-corrected chi connectivity index (χ3v) is 3.34. The topological polar surface area (TPSA) is 105 Å². The van der Waals surface area contributed by atoms with Gasteiger partial charge >= 0.3 is 0 Å². The number of hydrogen-bond acceptors (Lipinski definition) is 4. The Morgan fingerprint density at radius 1 is 1.44 bits per heavy atom. The van der Waals surface area contributed by atoms with Gasteiger partial charge in [0.25, 0.3) is 0 Å². The maximum atomic E-state index is 11.9. The largest absolute Gasteiger partial charge is 0.368 e. The lowest BCUT2D eigenvalue weighted by Gasteiger charge is -2.17. The highest BCUT2D eigenvalue weighted by Gasteiger charge is 2.35. The molecule has 2 atom stereocenters. The fourth-order valence-corrected chi connectivity index (χ4v) is 2.40. The Bertz CT molecular complexity index is 365. The Kier molecular flexibility index (Phi) is 3.81. The third kappa shape index (κ3) is 2.79. The number of rotatable bonds is 4. The van der Waals surface area contributed by atoms with Gasteiger partial charge in [-0.25, -0.2) is 0 Å². The van der Waals surface area contributed by atoms with Gasteiger partial charge in [-0.15, -0.1) is 0 Å². The molecule has 2 heterocycles. The summed E-state index contributed by atoms with van der Waals surface area (Å²) >= 11 is 0. The summed E-state index contributed by atoms with van der Waals surface area (Å²) in [6.45, 7) is 1.22. The summed E-state index contributed by atoms with van der Waals surface area (Å²) in [6, 6.07) is -0.706. The number of amides is 3. The van der Waals surface area contributed by atoms with Gasteiger partial charge in [0, 0.05) is 6.54 Å². The third-order valence-electron chi connectivity index (χ3n) is 3.34. The first-order valence-electron chi connectivity index (χ1n) is 6.19. The molecule has 0 aromatic rings. The van der Waals surface area contributed by atoms with Gasteiger partial charge in [0.2, 0.25) is 17.7 Å². The first kappa shape index (κ1) is 12.8. The number of likely N-dealkylation sites (tertiary alicyclic amines) is 1. The van der Waals surface area contributed by atoms with Crippen LogP contribution in [0.1, 0.15) is 19.3 Å². The summed E-state index contributed by atoms with van der Waals surface area (Å²) in [6.07, 6.45) is 2.31. The average molecular weight is 254 g/mol. The number of primary amides is 1. The number of carbonyl (C=O) groups is 3. The molecule has 100 valence electrons. The molecule has 0 aromatic carbocycles. The molecule has 2 fully saturated rings. The minimum absolute atomic E-state index is 0.0765. The minimum atomic E-state index is -0.534. The smallest absolute Gasteiger partial charge is 0.245 e. The van der Waals surface area contributed by atoms with Crippen molar-refractivity contribution < 1.29 is 14.4 Å². The standard InChI is InChI=1S/C11H18N4O3/c12-9(16)6-15-5-3-8(11(15)18)14-10(17)7-2-1-4-13-7/h7-8,13H,1-6H2,(H2,12,16)(H,14,17)/t7-,8-/m0/s1. The van der Waals surface area contributed by atoms with E-state index < -0.39 is 11.9 Å². The predicted octanol–water partition coefficient (Wildman–Crippen LogP) is -2.06. The van der Waals surface area contributed by atoms with E-state index in [1.54, 1.807) is 0 Å². The molecule has 3 amide bonds. The van der Waals surface area contributed by atoms with Crippen LogP contribution in [0.25, 0.3) is 0 Å². The van der Waals surface area contributed by atoms with Gasteiger partial charge in [0.1, 0.15) is 6.04 Å². The summed E-state index contributed by atoms with van der Waals surface area (Å²) in [7, 11) is 0. The van der Waals surface area contributed by atoms with Gasteiger partial charge in [-0.2, -0.15) is 0 Å². The van der Waals surface area contributed by atoms with Crippen LogP contribution < -0.4 is 16.4 Å². The maximum absolute atomic E-state index is 11.9. The van der Waals surface area contributed by atoms with Crippen LogP contribution >= 0.6 is 0 Å². The van der Waals surface area contributed by atoms with E-state index in [1.165, 1.54) is 4.90 Å². The molecule has 0 unspecified atom stereocenters. The molecule has 0 saturated carbocycles. The van der Waals surface area contributed by atoms with Gasteiger partial charge in [-0.1, -0.05) is 0 Å². The molecule has 0 aromatic heterocycles. The van der Waals surface area contributed by atoms with E-state index in [4.69, 9.17) is 5.73 Å². The number of nitrogens with two attached hydrogens (primary N) is 1. The van der Waals surface area contributed by atoms with Crippen molar-refractivity contribution in [1.82, 2.24) is 15.5 Å². The molecule has 2 rings (SSSR count). The molecule has 2 aliphatic heterocycles. The van der Waals surface area contributed by atoms with Crippen molar-refractivity contribution in [2.24, 2.45) is 5.73 Å². The van der Waals surface area contributed by atoms with Crippen LogP contribution in [-0.4, -0.2) is 54.3 Å². The quantitative estimate of drug-likeness (QED) is 0.536. The molecular formula is C11H18N4O3. The second-order valence-electron chi connectivity index (χ2n) is 4.72. The van der Waals surface area contributed by atoms with Crippen molar-refractivity contribution in [3.05, 3.63) is 0 Å². The van der Waals surface area contributed by atoms with Crippen LogP contribution in [-0.2, 0) is 14.4 Å². The van der Waals surface area contributed by atoms with Gasteiger partial charge in [0.15, 0.2) is 0 Å². The van der Waals surface area contributed by atoms with E-state index in [-0.39, 0.29) is 24.4 Å². The number of nitrogens with one attached hydrogen (secondary N) is 2. The highest BCUT2D eigenvalue weighted by molar-refractivity contribution is 5.93. The van der Waals surface area contributed by atoms with E-state index in [9.17, 15) is 14.4 Å². The molecule has 0 bridgehead atoms. The Morgan fingerprint density at radius 2 is 2.22 bits per heavy atom. The maximum Gasteiger partial charge on any atom is 0.245 e. The Hall–Kier alpha value is -1.63. The lowest BCUT2D eigenvalue weighted by atomic mass is 10.2. The van der Waals surface area contributed by atoms with Gasteiger partial charge in [-0.05, 0) is 25.8 Å². The van der Waals surface area contributed by atoms with Crippen LogP contribution in [0.3, 0.4) is 0 Å². The second kappa shape index (κ2) is 5.34. The fourth-order valence-electron chi connectivity index (χ4n) is 2.40. The summed E-state index contributed by atoms with van der Waals surface area (Å²) in [5.41, 5.74) is 5.05. The number of nitrogens with zero attached hydrogens (tertiary/aromatic N) is 1. The lowest BCUT2D eigenvalue weighted by Crippen LogP contribution is -2.48. The fraction of sp³-hybridized carbons (Fsp3) is 0.727. The molecule has 2 saturated heterocycles. The van der Waals surface area contributed by atoms with Crippen molar-refractivity contribution in [1.29, 1.82) is 0 Å². The van der Waals surface area contributed by atoms with Gasteiger partial charge in [-0.3, -0.25) is 14.4 Å². The summed E-state index contributed by atoms with van der Waals surface area (Å²) < 4.78 is 0. The van der Waals surface area contributed by atoms with E-state index in [1.807, 2.05) is 0 Å². The highest BCUT2D eigenvalue weighted by atomic mass is 16.2. The normalized spacial score (nSPS) is 27.6. The van der Waals surface area contributed by atoms with Crippen LogP contribution in [0.4, 0.5) is 0 Å². The second-order valence-corrected chi connectivity index (χ2v) is 4.72. The zero-order valence-corrected chi connectivity index (χ0v) is 10.1. The Balaban J connectivity index is 1.85. The molecule has 4 N–H and O–H groups in total. The van der Waals surface area contributed by atoms with Crippen LogP contribution in [0.5, 0.6) is 0 Å². The van der Waals surface area contributed by atoms with Crippen molar-refractivity contribution >= 4 is 17.7 Å². The zero-order chi connectivity index (χ0) is 13.1. The molecule has 18 heavy (non-hydrogen) atoms. The molecule has 0 aliphatic carbocycles. The van der Waals surface area contributed by atoms with Crippen LogP contribution in [0.2, 0.25) is 0 Å². The summed E-state index contributed by atoms with van der Waals surface area (Å²) in [5, 5.41) is 5.81. The SMILES string of the molecule is NC(=O)CN1CC[C@H](NC(=O)[C@@H]2CCCN2)C1=O. The first-order valence-corrected chi connectivity index (χ1v) is 6.19. The number of hydrogen-bond donors (Lipinski definition) is 3. The summed E-state index contributed by atoms with van der Waals surface area (Å²) in [5.74, 6) is -0.889. The number of carbonyl (C=O) groups excluding carboxylic acids is 3. The average Bonchev–Trinajstić information content (AvgIpc) is 2.93. The van der Waals surface area contributed by atoms with Crippen LogP contribution in [0, 0.1) is 0 Å². The van der Waals surface area contributed by atoms with Crippen molar-refractivity contribution in [3.63, 3.8) is 0 Å². The molecular weight excluding hydrogens is 236 g/mol.